The molecule has 1 spiro atoms. The number of ether oxygens (including phenoxy) is 1. The van der Waals surface area contributed by atoms with Crippen LogP contribution >= 0.6 is 11.8 Å². The van der Waals surface area contributed by atoms with E-state index in [9.17, 15) is 5.11 Å². The highest BCUT2D eigenvalue weighted by Crippen LogP contribution is 2.41. The number of rotatable bonds is 3. The largest absolute Gasteiger partial charge is 0.392 e. The molecule has 0 bridgehead atoms. The number of aromatic nitrogens is 2. The van der Waals surface area contributed by atoms with E-state index in [0.29, 0.717) is 5.92 Å². The molecule has 0 saturated carbocycles. The molecule has 2 saturated heterocycles. The summed E-state index contributed by atoms with van der Waals surface area (Å²) in [5.41, 5.74) is 3.48. The van der Waals surface area contributed by atoms with Crippen LogP contribution in [-0.4, -0.2) is 44.7 Å². The lowest BCUT2D eigenvalue weighted by Crippen LogP contribution is -2.43. The first-order chi connectivity index (χ1) is 10.0. The molecule has 5 heteroatoms. The van der Waals surface area contributed by atoms with Crippen LogP contribution < -0.4 is 0 Å². The molecule has 118 valence electrons. The van der Waals surface area contributed by atoms with Crippen molar-refractivity contribution in [2.24, 2.45) is 13.0 Å². The molecule has 2 fully saturated rings. The molecule has 0 aliphatic carbocycles. The van der Waals surface area contributed by atoms with Gasteiger partial charge in [0.05, 0.1) is 17.4 Å². The first-order valence-corrected chi connectivity index (χ1v) is 9.05. The Kier molecular flexibility index (Phi) is 4.35. The van der Waals surface area contributed by atoms with Gasteiger partial charge in [-0.15, -0.1) is 0 Å². The van der Waals surface area contributed by atoms with Crippen LogP contribution in [0.25, 0.3) is 0 Å². The van der Waals surface area contributed by atoms with Crippen molar-refractivity contribution in [3.8, 4) is 0 Å². The van der Waals surface area contributed by atoms with Gasteiger partial charge in [-0.1, -0.05) is 0 Å². The Bertz CT molecular complexity index is 509. The summed E-state index contributed by atoms with van der Waals surface area (Å²) in [5.74, 6) is 2.65. The van der Waals surface area contributed by atoms with Crippen LogP contribution in [0.3, 0.4) is 0 Å². The van der Waals surface area contributed by atoms with Gasteiger partial charge in [-0.3, -0.25) is 4.68 Å². The first-order valence-electron chi connectivity index (χ1n) is 7.90. The normalized spacial score (nSPS) is 31.0. The molecule has 0 radical (unpaired) electrons. The second kappa shape index (κ2) is 5.94. The number of thioether (sulfide) groups is 1. The van der Waals surface area contributed by atoms with Gasteiger partial charge >= 0.3 is 0 Å². The predicted molar refractivity (Wildman–Crippen MR) is 85.7 cm³/mol. The Morgan fingerprint density at radius 2 is 2.33 bits per heavy atom. The number of hydrogen-bond donors (Lipinski definition) is 1. The number of aliphatic hydroxyl groups excluding tert-OH is 1. The van der Waals surface area contributed by atoms with Crippen molar-refractivity contribution in [1.82, 2.24) is 9.78 Å². The summed E-state index contributed by atoms with van der Waals surface area (Å²) in [4.78, 5) is 0. The molecular formula is C16H26N2O2S. The molecule has 0 amide bonds. The zero-order valence-electron chi connectivity index (χ0n) is 13.3. The van der Waals surface area contributed by atoms with Crippen LogP contribution in [0.5, 0.6) is 0 Å². The highest BCUT2D eigenvalue weighted by atomic mass is 32.2. The number of nitrogens with zero attached hydrogens (tertiary/aromatic N) is 2. The van der Waals surface area contributed by atoms with E-state index in [4.69, 9.17) is 4.74 Å². The maximum atomic E-state index is 10.7. The van der Waals surface area contributed by atoms with Crippen molar-refractivity contribution >= 4 is 11.8 Å². The molecule has 3 rings (SSSR count). The second-order valence-electron chi connectivity index (χ2n) is 6.63. The Balaban J connectivity index is 1.68. The maximum absolute atomic E-state index is 10.7. The summed E-state index contributed by atoms with van der Waals surface area (Å²) >= 11 is 1.99. The molecule has 21 heavy (non-hydrogen) atoms. The molecule has 4 nitrogen and oxygen atoms in total. The van der Waals surface area contributed by atoms with Gasteiger partial charge in [0.2, 0.25) is 0 Å². The lowest BCUT2D eigenvalue weighted by atomic mass is 9.80. The molecule has 0 aromatic carbocycles. The van der Waals surface area contributed by atoms with Crippen LogP contribution in [0.4, 0.5) is 0 Å². The predicted octanol–water partition coefficient (Wildman–Crippen LogP) is 2.24. The topological polar surface area (TPSA) is 47.3 Å². The fourth-order valence-electron chi connectivity index (χ4n) is 3.75. The summed E-state index contributed by atoms with van der Waals surface area (Å²) in [7, 11) is 1.97. The lowest BCUT2D eigenvalue weighted by molar-refractivity contribution is -0.101. The quantitative estimate of drug-likeness (QED) is 0.930. The van der Waals surface area contributed by atoms with Crippen LogP contribution in [-0.2, 0) is 18.2 Å². The number of aryl methyl sites for hydroxylation is 2. The third-order valence-corrected chi connectivity index (χ3v) is 6.44. The van der Waals surface area contributed by atoms with E-state index in [1.807, 2.05) is 30.4 Å². The highest BCUT2D eigenvalue weighted by Gasteiger charge is 2.42. The molecule has 1 aromatic rings. The molecule has 2 aliphatic heterocycles. The van der Waals surface area contributed by atoms with Gasteiger partial charge in [0.15, 0.2) is 0 Å². The van der Waals surface area contributed by atoms with Gasteiger partial charge in [0.1, 0.15) is 0 Å². The minimum atomic E-state index is -0.280. The summed E-state index contributed by atoms with van der Waals surface area (Å²) in [5, 5.41) is 15.2. The average Bonchev–Trinajstić information content (AvgIpc) is 2.99. The van der Waals surface area contributed by atoms with Gasteiger partial charge in [-0.05, 0) is 50.3 Å². The van der Waals surface area contributed by atoms with Crippen molar-refractivity contribution < 1.29 is 9.84 Å². The molecule has 1 N–H and O–H groups in total. The minimum Gasteiger partial charge on any atom is -0.392 e. The molecule has 3 unspecified atom stereocenters. The van der Waals surface area contributed by atoms with Crippen LogP contribution in [0.1, 0.15) is 36.2 Å². The van der Waals surface area contributed by atoms with Crippen LogP contribution in [0.2, 0.25) is 0 Å². The van der Waals surface area contributed by atoms with Crippen molar-refractivity contribution in [2.75, 3.05) is 18.1 Å². The zero-order valence-corrected chi connectivity index (χ0v) is 14.1. The van der Waals surface area contributed by atoms with Crippen LogP contribution in [0, 0.1) is 19.8 Å². The Hall–Kier alpha value is -0.520. The molecule has 2 aliphatic rings. The highest BCUT2D eigenvalue weighted by molar-refractivity contribution is 7.99. The summed E-state index contributed by atoms with van der Waals surface area (Å²) in [6.07, 6.45) is 3.58. The fraction of sp³-hybridized carbons (Fsp3) is 0.812. The van der Waals surface area contributed by atoms with Crippen molar-refractivity contribution in [3.05, 3.63) is 17.0 Å². The third-order valence-electron chi connectivity index (χ3n) is 5.21. The summed E-state index contributed by atoms with van der Waals surface area (Å²) in [6, 6.07) is 0. The molecule has 3 heterocycles. The van der Waals surface area contributed by atoms with Gasteiger partial charge in [-0.2, -0.15) is 16.9 Å². The van der Waals surface area contributed by atoms with Gasteiger partial charge in [0, 0.05) is 31.5 Å². The smallest absolute Gasteiger partial charge is 0.0783 e. The van der Waals surface area contributed by atoms with Gasteiger partial charge in [0.25, 0.3) is 0 Å². The average molecular weight is 310 g/mol. The van der Waals surface area contributed by atoms with E-state index in [0.717, 1.165) is 43.7 Å². The van der Waals surface area contributed by atoms with Crippen molar-refractivity contribution in [2.45, 2.75) is 51.2 Å². The monoisotopic (exact) mass is 310 g/mol. The Labute approximate surface area is 131 Å². The molecular weight excluding hydrogens is 284 g/mol. The molecule has 3 atom stereocenters. The number of aliphatic hydroxyl groups is 1. The van der Waals surface area contributed by atoms with Crippen molar-refractivity contribution in [3.63, 3.8) is 0 Å². The van der Waals surface area contributed by atoms with E-state index in [2.05, 4.69) is 12.0 Å². The standard InChI is InChI=1S/C16H26N2O2S/c1-11-14(12(2)18(3)17-11)8-15(19)13-4-6-20-16(9-13)5-7-21-10-16/h13,15,19H,4-10H2,1-3H3. The van der Waals surface area contributed by atoms with E-state index in [-0.39, 0.29) is 11.7 Å². The SMILES string of the molecule is Cc1nn(C)c(C)c1CC(O)C1CCOC2(CCSC2)C1. The zero-order chi connectivity index (χ0) is 15.0. The van der Waals surface area contributed by atoms with E-state index in [1.165, 1.54) is 17.0 Å². The summed E-state index contributed by atoms with van der Waals surface area (Å²) < 4.78 is 7.97. The lowest BCUT2D eigenvalue weighted by Gasteiger charge is -2.39. The fourth-order valence-corrected chi connectivity index (χ4v) is 5.12. The third kappa shape index (κ3) is 3.01. The Morgan fingerprint density at radius 1 is 1.52 bits per heavy atom. The summed E-state index contributed by atoms with van der Waals surface area (Å²) in [6.45, 7) is 4.92. The second-order valence-corrected chi connectivity index (χ2v) is 7.74. The van der Waals surface area contributed by atoms with Gasteiger partial charge < -0.3 is 9.84 Å². The molecule has 1 aromatic heterocycles. The Morgan fingerprint density at radius 3 is 2.95 bits per heavy atom. The van der Waals surface area contributed by atoms with Gasteiger partial charge in [-0.25, -0.2) is 0 Å². The number of hydrogen-bond acceptors (Lipinski definition) is 4. The minimum absolute atomic E-state index is 0.0492. The maximum Gasteiger partial charge on any atom is 0.0783 e. The van der Waals surface area contributed by atoms with E-state index in [1.54, 1.807) is 0 Å². The van der Waals surface area contributed by atoms with Crippen molar-refractivity contribution in [1.29, 1.82) is 0 Å². The van der Waals surface area contributed by atoms with E-state index < -0.39 is 0 Å². The first kappa shape index (κ1) is 15.4. The van der Waals surface area contributed by atoms with E-state index >= 15 is 0 Å². The van der Waals surface area contributed by atoms with Crippen LogP contribution in [0.15, 0.2) is 0 Å².